The quantitative estimate of drug-likeness (QED) is 0.141. The number of fused-ring (bicyclic) bond motifs is 9. The molecule has 0 atom stereocenters. The van der Waals surface area contributed by atoms with Crippen LogP contribution in [0.5, 0.6) is 0 Å². The number of rotatable bonds is 9. The molecule has 4 aromatic carbocycles. The van der Waals surface area contributed by atoms with Crippen molar-refractivity contribution in [3.8, 4) is 0 Å². The summed E-state index contributed by atoms with van der Waals surface area (Å²) in [5.41, 5.74) is 1.98. The third kappa shape index (κ3) is 4.34. The summed E-state index contributed by atoms with van der Waals surface area (Å²) in [5, 5.41) is 7.62. The summed E-state index contributed by atoms with van der Waals surface area (Å²) in [6.45, 7) is 2.28. The van der Waals surface area contributed by atoms with Crippen LogP contribution in [0.1, 0.15) is 45.4 Å². The van der Waals surface area contributed by atoms with E-state index in [0.29, 0.717) is 0 Å². The van der Waals surface area contributed by atoms with Gasteiger partial charge in [0.05, 0.1) is 0 Å². The van der Waals surface area contributed by atoms with Gasteiger partial charge >= 0.3 is 0 Å². The van der Waals surface area contributed by atoms with E-state index >= 15 is 0 Å². The Bertz CT molecular complexity index is 1660. The van der Waals surface area contributed by atoms with Crippen LogP contribution in [0.2, 0.25) is 0 Å². The Balaban J connectivity index is 1.34. The fourth-order valence-electron chi connectivity index (χ4n) is 5.12. The first-order chi connectivity index (χ1) is 17.3. The van der Waals surface area contributed by atoms with Gasteiger partial charge in [-0.25, -0.2) is 0 Å². The minimum atomic E-state index is 0.975. The van der Waals surface area contributed by atoms with Gasteiger partial charge in [-0.2, -0.15) is 0 Å². The van der Waals surface area contributed by atoms with Crippen LogP contribution in [0.25, 0.3) is 52.9 Å². The number of thioether (sulfide) groups is 2. The lowest BCUT2D eigenvalue weighted by Gasteiger charge is -2.03. The summed E-state index contributed by atoms with van der Waals surface area (Å²) in [7, 11) is 0. The van der Waals surface area contributed by atoms with E-state index in [-0.39, 0.29) is 0 Å². The number of thiophene rings is 1. The second-order valence-electron chi connectivity index (χ2n) is 9.32. The number of benzene rings is 4. The summed E-state index contributed by atoms with van der Waals surface area (Å²) in [5.74, 6) is 1.22. The minimum absolute atomic E-state index is 0.975. The molecule has 6 aromatic rings. The third-order valence-electron chi connectivity index (χ3n) is 7.01. The van der Waals surface area contributed by atoms with E-state index in [1.165, 1.54) is 95.8 Å². The second-order valence-corrected chi connectivity index (χ2v) is 12.4. The summed E-state index contributed by atoms with van der Waals surface area (Å²) in [4.78, 5) is 2.63. The topological polar surface area (TPSA) is 13.1 Å². The lowest BCUT2D eigenvalue weighted by Crippen LogP contribution is -1.82. The van der Waals surface area contributed by atoms with E-state index in [0.717, 1.165) is 11.2 Å². The Morgan fingerprint density at radius 3 is 2.17 bits per heavy atom. The smallest absolute Gasteiger partial charge is 0.143 e. The van der Waals surface area contributed by atoms with E-state index in [4.69, 9.17) is 4.42 Å². The number of furan rings is 1. The highest BCUT2D eigenvalue weighted by molar-refractivity contribution is 7.99. The molecule has 0 aliphatic heterocycles. The van der Waals surface area contributed by atoms with Gasteiger partial charge in [-0.05, 0) is 60.9 Å². The maximum Gasteiger partial charge on any atom is 0.143 e. The maximum atomic E-state index is 6.42. The highest BCUT2D eigenvalue weighted by Gasteiger charge is 2.15. The number of unbranched alkanes of at least 4 members (excludes halogenated alkanes) is 5. The molecule has 0 aliphatic carbocycles. The molecule has 35 heavy (non-hydrogen) atoms. The molecular formula is C31H30OS3. The lowest BCUT2D eigenvalue weighted by molar-refractivity contribution is 0.627. The molecule has 0 aliphatic rings. The Morgan fingerprint density at radius 2 is 1.34 bits per heavy atom. The molecule has 178 valence electrons. The molecule has 6 rings (SSSR count). The van der Waals surface area contributed by atoms with Gasteiger partial charge in [-0.15, -0.1) is 34.9 Å². The van der Waals surface area contributed by atoms with Crippen molar-refractivity contribution < 1.29 is 4.42 Å². The van der Waals surface area contributed by atoms with E-state index in [9.17, 15) is 0 Å². The van der Waals surface area contributed by atoms with Crippen LogP contribution in [0.3, 0.4) is 0 Å². The fraction of sp³-hybridized carbons (Fsp3) is 0.290. The predicted octanol–water partition coefficient (Wildman–Crippen LogP) is 11.3. The van der Waals surface area contributed by atoms with Crippen LogP contribution in [0.4, 0.5) is 0 Å². The standard InChI is InChI=1S/C31H30OS3/c1-3-4-5-6-7-8-17-34-21-10-12-23-26-15-14-25-27(31(26)35-29(23)19-21)16-13-24-22-11-9-20(33-2)18-28(22)32-30(24)25/h9-16,18-19H,3-8,17H2,1-2H3. The fourth-order valence-corrected chi connectivity index (χ4v) is 7.85. The van der Waals surface area contributed by atoms with Crippen molar-refractivity contribution in [3.05, 3.63) is 60.7 Å². The average Bonchev–Trinajstić information content (AvgIpc) is 3.45. The van der Waals surface area contributed by atoms with Crippen molar-refractivity contribution in [3.63, 3.8) is 0 Å². The number of hydrogen-bond acceptors (Lipinski definition) is 4. The van der Waals surface area contributed by atoms with Crippen molar-refractivity contribution >= 4 is 87.7 Å². The van der Waals surface area contributed by atoms with Crippen molar-refractivity contribution in [2.75, 3.05) is 12.0 Å². The average molecular weight is 515 g/mol. The van der Waals surface area contributed by atoms with Crippen molar-refractivity contribution in [2.24, 2.45) is 0 Å². The highest BCUT2D eigenvalue weighted by atomic mass is 32.2. The van der Waals surface area contributed by atoms with Crippen molar-refractivity contribution in [1.29, 1.82) is 0 Å². The number of hydrogen-bond donors (Lipinski definition) is 0. The Labute approximate surface area is 219 Å². The Kier molecular flexibility index (Phi) is 6.70. The highest BCUT2D eigenvalue weighted by Crippen LogP contribution is 2.43. The molecule has 4 heteroatoms. The molecule has 1 nitrogen and oxygen atoms in total. The molecule has 2 aromatic heterocycles. The van der Waals surface area contributed by atoms with Crippen LogP contribution in [-0.2, 0) is 0 Å². The zero-order valence-corrected chi connectivity index (χ0v) is 22.8. The van der Waals surface area contributed by atoms with Gasteiger partial charge in [-0.1, -0.05) is 57.2 Å². The van der Waals surface area contributed by atoms with Crippen molar-refractivity contribution in [2.45, 2.75) is 55.2 Å². The Hall–Kier alpha value is -2.14. The molecule has 0 radical (unpaired) electrons. The molecule has 2 heterocycles. The molecule has 0 amide bonds. The zero-order valence-electron chi connectivity index (χ0n) is 20.4. The van der Waals surface area contributed by atoms with E-state index < -0.39 is 0 Å². The van der Waals surface area contributed by atoms with Gasteiger partial charge in [-0.3, -0.25) is 0 Å². The molecular weight excluding hydrogens is 485 g/mol. The Morgan fingerprint density at radius 1 is 0.686 bits per heavy atom. The first kappa shape index (κ1) is 23.3. The largest absolute Gasteiger partial charge is 0.455 e. The SMILES string of the molecule is CCCCCCCCSc1ccc2c(c1)sc1c2ccc2c1ccc1c3ccc(SC)cc3oc12. The van der Waals surface area contributed by atoms with Crippen LogP contribution in [-0.4, -0.2) is 12.0 Å². The minimum Gasteiger partial charge on any atom is -0.455 e. The third-order valence-corrected chi connectivity index (χ3v) is 10.0. The van der Waals surface area contributed by atoms with E-state index in [1.807, 2.05) is 23.1 Å². The molecule has 0 unspecified atom stereocenters. The molecule has 0 spiro atoms. The predicted molar refractivity (Wildman–Crippen MR) is 160 cm³/mol. The maximum absolute atomic E-state index is 6.42. The van der Waals surface area contributed by atoms with Gasteiger partial charge in [0, 0.05) is 51.5 Å². The molecule has 0 saturated carbocycles. The second kappa shape index (κ2) is 10.1. The van der Waals surface area contributed by atoms with Gasteiger partial charge in [0.2, 0.25) is 0 Å². The van der Waals surface area contributed by atoms with Gasteiger partial charge in [0.15, 0.2) is 0 Å². The molecule has 0 fully saturated rings. The monoisotopic (exact) mass is 514 g/mol. The molecule has 0 saturated heterocycles. The normalized spacial score (nSPS) is 12.2. The van der Waals surface area contributed by atoms with Gasteiger partial charge < -0.3 is 4.42 Å². The van der Waals surface area contributed by atoms with Crippen molar-refractivity contribution in [1.82, 2.24) is 0 Å². The zero-order chi connectivity index (χ0) is 23.8. The molecule has 0 N–H and O–H groups in total. The lowest BCUT2D eigenvalue weighted by atomic mass is 10.0. The van der Waals surface area contributed by atoms with Crippen LogP contribution < -0.4 is 0 Å². The van der Waals surface area contributed by atoms with Crippen LogP contribution in [0, 0.1) is 0 Å². The van der Waals surface area contributed by atoms with Crippen LogP contribution >= 0.6 is 34.9 Å². The summed E-state index contributed by atoms with van der Waals surface area (Å²) in [6.07, 6.45) is 10.3. The van der Waals surface area contributed by atoms with Gasteiger partial charge in [0.25, 0.3) is 0 Å². The van der Waals surface area contributed by atoms with E-state index in [2.05, 4.69) is 73.8 Å². The van der Waals surface area contributed by atoms with E-state index in [1.54, 1.807) is 11.8 Å². The van der Waals surface area contributed by atoms with Gasteiger partial charge in [0.1, 0.15) is 11.2 Å². The summed E-state index contributed by atoms with van der Waals surface area (Å²) in [6, 6.07) is 22.7. The summed E-state index contributed by atoms with van der Waals surface area (Å²) < 4.78 is 9.17. The first-order valence-electron chi connectivity index (χ1n) is 12.7. The summed E-state index contributed by atoms with van der Waals surface area (Å²) >= 11 is 5.68. The van der Waals surface area contributed by atoms with Crippen LogP contribution in [0.15, 0.2) is 74.9 Å². The molecule has 0 bridgehead atoms. The first-order valence-corrected chi connectivity index (χ1v) is 15.7.